The van der Waals surface area contributed by atoms with Crippen LogP contribution in [0, 0.1) is 0 Å². The predicted octanol–water partition coefficient (Wildman–Crippen LogP) is 4.11. The fourth-order valence-electron chi connectivity index (χ4n) is 4.34. The molecule has 3 unspecified atom stereocenters. The van der Waals surface area contributed by atoms with Crippen LogP contribution in [0.25, 0.3) is 0 Å². The summed E-state index contributed by atoms with van der Waals surface area (Å²) in [5, 5.41) is 20.3. The van der Waals surface area contributed by atoms with E-state index in [4.69, 9.17) is 25.8 Å². The predicted molar refractivity (Wildman–Crippen MR) is 109 cm³/mol. The first-order chi connectivity index (χ1) is 14.1. The van der Waals surface area contributed by atoms with Crippen LogP contribution in [0.3, 0.4) is 0 Å². The Morgan fingerprint density at radius 3 is 2.52 bits per heavy atom. The standard InChI is InChI=1S/C23H25ClO5/c24-21-16(7-13-1-3-14(4-2-13)15-5-6-15)8-19(22-23(21)28-12-27-22)20-10-17(26)9-18(11-25)29-20/h1-4,8,15,17-18,20,25-26H,5-7,9-12H2. The van der Waals surface area contributed by atoms with Gasteiger partial charge < -0.3 is 24.4 Å². The van der Waals surface area contributed by atoms with Gasteiger partial charge in [0.05, 0.1) is 29.9 Å². The molecule has 2 aliphatic heterocycles. The third-order valence-electron chi connectivity index (χ3n) is 6.04. The molecule has 2 N–H and O–H groups in total. The second-order valence-electron chi connectivity index (χ2n) is 8.25. The number of aliphatic hydroxyl groups excluding tert-OH is 2. The SMILES string of the molecule is OCC1CC(O)CC(c2cc(Cc3ccc(C4CC4)cc3)c(Cl)c3c2OCO3)O1. The van der Waals surface area contributed by atoms with E-state index in [0.29, 0.717) is 35.8 Å². The van der Waals surface area contributed by atoms with Crippen molar-refractivity contribution in [1.29, 1.82) is 0 Å². The summed E-state index contributed by atoms with van der Waals surface area (Å²) in [6.07, 6.45) is 2.83. The first-order valence-corrected chi connectivity index (χ1v) is 10.6. The van der Waals surface area contributed by atoms with Gasteiger partial charge in [0.25, 0.3) is 0 Å². The minimum Gasteiger partial charge on any atom is -0.453 e. The van der Waals surface area contributed by atoms with Crippen molar-refractivity contribution in [2.24, 2.45) is 0 Å². The van der Waals surface area contributed by atoms with E-state index in [1.807, 2.05) is 6.07 Å². The van der Waals surface area contributed by atoms with Gasteiger partial charge in [0.15, 0.2) is 11.5 Å². The maximum absolute atomic E-state index is 10.2. The van der Waals surface area contributed by atoms with E-state index in [2.05, 4.69) is 24.3 Å². The molecular weight excluding hydrogens is 392 g/mol. The molecule has 5 rings (SSSR count). The maximum atomic E-state index is 10.2. The number of benzene rings is 2. The molecule has 2 fully saturated rings. The van der Waals surface area contributed by atoms with Crippen LogP contribution in [0.15, 0.2) is 30.3 Å². The summed E-state index contributed by atoms with van der Waals surface area (Å²) < 4.78 is 17.4. The van der Waals surface area contributed by atoms with Crippen molar-refractivity contribution in [1.82, 2.24) is 0 Å². The lowest BCUT2D eigenvalue weighted by Gasteiger charge is -2.33. The summed E-state index contributed by atoms with van der Waals surface area (Å²) in [5.74, 6) is 1.86. The molecule has 154 valence electrons. The third kappa shape index (κ3) is 3.84. The van der Waals surface area contributed by atoms with Gasteiger partial charge in [-0.15, -0.1) is 0 Å². The van der Waals surface area contributed by atoms with E-state index in [9.17, 15) is 10.2 Å². The highest BCUT2D eigenvalue weighted by Gasteiger charge is 2.34. The van der Waals surface area contributed by atoms with Gasteiger partial charge in [-0.1, -0.05) is 35.9 Å². The molecule has 2 aromatic carbocycles. The molecule has 1 saturated heterocycles. The molecule has 2 aromatic rings. The van der Waals surface area contributed by atoms with Crippen molar-refractivity contribution in [2.75, 3.05) is 13.4 Å². The van der Waals surface area contributed by atoms with E-state index in [1.165, 1.54) is 24.0 Å². The van der Waals surface area contributed by atoms with Gasteiger partial charge in [-0.25, -0.2) is 0 Å². The third-order valence-corrected chi connectivity index (χ3v) is 6.45. The zero-order valence-electron chi connectivity index (χ0n) is 16.1. The lowest BCUT2D eigenvalue weighted by atomic mass is 9.92. The Labute approximate surface area is 175 Å². The molecule has 2 heterocycles. The summed E-state index contributed by atoms with van der Waals surface area (Å²) in [5.41, 5.74) is 4.35. The Bertz CT molecular complexity index is 893. The number of ether oxygens (including phenoxy) is 3. The van der Waals surface area contributed by atoms with Crippen molar-refractivity contribution in [3.8, 4) is 11.5 Å². The molecule has 0 aromatic heterocycles. The van der Waals surface area contributed by atoms with Crippen LogP contribution in [-0.4, -0.2) is 35.8 Å². The van der Waals surface area contributed by atoms with E-state index < -0.39 is 12.2 Å². The molecule has 5 nitrogen and oxygen atoms in total. The van der Waals surface area contributed by atoms with Crippen LogP contribution >= 0.6 is 11.6 Å². The van der Waals surface area contributed by atoms with Gasteiger partial charge in [0.2, 0.25) is 6.79 Å². The lowest BCUT2D eigenvalue weighted by molar-refractivity contribution is -0.114. The fraction of sp³-hybridized carbons (Fsp3) is 0.478. The molecular formula is C23H25ClO5. The molecule has 0 radical (unpaired) electrons. The molecule has 6 heteroatoms. The van der Waals surface area contributed by atoms with Crippen LogP contribution in [0.5, 0.6) is 11.5 Å². The van der Waals surface area contributed by atoms with Gasteiger partial charge in [-0.2, -0.15) is 0 Å². The van der Waals surface area contributed by atoms with Crippen LogP contribution in [0.1, 0.15) is 60.0 Å². The topological polar surface area (TPSA) is 68.2 Å². The first kappa shape index (κ1) is 19.2. The van der Waals surface area contributed by atoms with E-state index in [0.717, 1.165) is 17.0 Å². The Morgan fingerprint density at radius 2 is 1.79 bits per heavy atom. The van der Waals surface area contributed by atoms with Crippen LogP contribution in [0.2, 0.25) is 5.02 Å². The highest BCUT2D eigenvalue weighted by atomic mass is 35.5. The molecule has 29 heavy (non-hydrogen) atoms. The van der Waals surface area contributed by atoms with Gasteiger partial charge >= 0.3 is 0 Å². The highest BCUT2D eigenvalue weighted by Crippen LogP contribution is 2.49. The number of hydrogen-bond donors (Lipinski definition) is 2. The highest BCUT2D eigenvalue weighted by molar-refractivity contribution is 6.33. The quantitative estimate of drug-likeness (QED) is 0.767. The number of hydrogen-bond acceptors (Lipinski definition) is 5. The van der Waals surface area contributed by atoms with Crippen molar-refractivity contribution in [3.63, 3.8) is 0 Å². The van der Waals surface area contributed by atoms with E-state index in [-0.39, 0.29) is 19.5 Å². The zero-order valence-corrected chi connectivity index (χ0v) is 16.9. The summed E-state index contributed by atoms with van der Waals surface area (Å²) in [4.78, 5) is 0. The normalized spacial score (nSPS) is 26.0. The number of rotatable bonds is 5. The number of aliphatic hydroxyl groups is 2. The Balaban J connectivity index is 1.46. The second kappa shape index (κ2) is 7.80. The average Bonchev–Trinajstić information content (AvgIpc) is 3.46. The zero-order chi connectivity index (χ0) is 20.0. The minimum absolute atomic E-state index is 0.111. The largest absolute Gasteiger partial charge is 0.453 e. The minimum atomic E-state index is -0.530. The molecule has 0 bridgehead atoms. The van der Waals surface area contributed by atoms with Crippen LogP contribution in [-0.2, 0) is 11.2 Å². The van der Waals surface area contributed by atoms with Crippen molar-refractivity contribution in [2.45, 2.75) is 56.3 Å². The fourth-order valence-corrected chi connectivity index (χ4v) is 4.60. The summed E-state index contributed by atoms with van der Waals surface area (Å²) in [7, 11) is 0. The Morgan fingerprint density at radius 1 is 1.03 bits per heavy atom. The second-order valence-corrected chi connectivity index (χ2v) is 8.63. The summed E-state index contributed by atoms with van der Waals surface area (Å²) in [6.45, 7) is -0.0127. The maximum Gasteiger partial charge on any atom is 0.231 e. The molecule has 3 aliphatic rings. The molecule has 1 saturated carbocycles. The summed E-state index contributed by atoms with van der Waals surface area (Å²) in [6, 6.07) is 10.7. The van der Waals surface area contributed by atoms with Gasteiger partial charge in [-0.05, 0) is 47.9 Å². The van der Waals surface area contributed by atoms with E-state index >= 15 is 0 Å². The Kier molecular flexibility index (Phi) is 5.16. The lowest BCUT2D eigenvalue weighted by Crippen LogP contribution is -2.33. The molecule has 0 amide bonds. The van der Waals surface area contributed by atoms with Crippen LogP contribution in [0.4, 0.5) is 0 Å². The number of halogens is 1. The van der Waals surface area contributed by atoms with Crippen molar-refractivity contribution in [3.05, 3.63) is 57.6 Å². The van der Waals surface area contributed by atoms with Crippen LogP contribution < -0.4 is 9.47 Å². The average molecular weight is 417 g/mol. The molecule has 0 spiro atoms. The molecule has 3 atom stereocenters. The number of fused-ring (bicyclic) bond motifs is 1. The Hall–Kier alpha value is -1.79. The summed E-state index contributed by atoms with van der Waals surface area (Å²) >= 11 is 6.66. The first-order valence-electron chi connectivity index (χ1n) is 10.3. The van der Waals surface area contributed by atoms with Crippen molar-refractivity contribution < 1.29 is 24.4 Å². The van der Waals surface area contributed by atoms with Gasteiger partial charge in [0.1, 0.15) is 0 Å². The van der Waals surface area contributed by atoms with E-state index in [1.54, 1.807) is 0 Å². The molecule has 1 aliphatic carbocycles. The van der Waals surface area contributed by atoms with Gasteiger partial charge in [-0.3, -0.25) is 0 Å². The van der Waals surface area contributed by atoms with Gasteiger partial charge in [0, 0.05) is 18.4 Å². The smallest absolute Gasteiger partial charge is 0.231 e. The monoisotopic (exact) mass is 416 g/mol. The van der Waals surface area contributed by atoms with Crippen molar-refractivity contribution >= 4 is 11.6 Å².